The molecule has 5 aromatic rings. The zero-order chi connectivity index (χ0) is 26.3. The molecule has 0 aliphatic heterocycles. The van der Waals surface area contributed by atoms with Crippen LogP contribution in [0.2, 0.25) is 0 Å². The number of amides is 1. The first-order chi connectivity index (χ1) is 18.5. The van der Waals surface area contributed by atoms with E-state index in [-0.39, 0.29) is 29.7 Å². The normalized spacial score (nSPS) is 10.7. The van der Waals surface area contributed by atoms with Crippen molar-refractivity contribution in [3.63, 3.8) is 0 Å². The van der Waals surface area contributed by atoms with Crippen molar-refractivity contribution in [2.45, 2.75) is 13.2 Å². The molecule has 1 aromatic heterocycles. The maximum atomic E-state index is 13.3. The summed E-state index contributed by atoms with van der Waals surface area (Å²) in [4.78, 5) is 13.2. The minimum atomic E-state index is -0.416. The van der Waals surface area contributed by atoms with Crippen LogP contribution >= 0.6 is 0 Å². The molecule has 5 rings (SSSR count). The zero-order valence-corrected chi connectivity index (χ0v) is 20.2. The van der Waals surface area contributed by atoms with Crippen molar-refractivity contribution in [1.82, 2.24) is 9.78 Å². The lowest BCUT2D eigenvalue weighted by molar-refractivity contribution is 0.102. The Morgan fingerprint density at radius 3 is 2.03 bits per heavy atom. The number of ether oxygens (including phenoxy) is 2. The van der Waals surface area contributed by atoms with E-state index >= 15 is 0 Å². The number of hydrogen-bond donors (Lipinski definition) is 1. The molecule has 0 fully saturated rings. The Morgan fingerprint density at radius 1 is 0.763 bits per heavy atom. The van der Waals surface area contributed by atoms with Crippen LogP contribution in [0.4, 0.5) is 14.5 Å². The van der Waals surface area contributed by atoms with Crippen LogP contribution in [0.3, 0.4) is 0 Å². The molecule has 38 heavy (non-hydrogen) atoms. The second-order valence-corrected chi connectivity index (χ2v) is 8.48. The van der Waals surface area contributed by atoms with Gasteiger partial charge in [-0.05, 0) is 71.8 Å². The fourth-order valence-corrected chi connectivity index (χ4v) is 3.69. The number of nitrogens with one attached hydrogen (secondary N) is 1. The van der Waals surface area contributed by atoms with Crippen molar-refractivity contribution in [3.8, 4) is 17.4 Å². The topological polar surface area (TPSA) is 65.4 Å². The van der Waals surface area contributed by atoms with Crippen LogP contribution in [0.5, 0.6) is 17.4 Å². The van der Waals surface area contributed by atoms with Crippen LogP contribution in [0, 0.1) is 11.6 Å². The molecular formula is C30H23F2N3O3. The summed E-state index contributed by atoms with van der Waals surface area (Å²) in [7, 11) is 0. The first-order valence-corrected chi connectivity index (χ1v) is 11.9. The van der Waals surface area contributed by atoms with Crippen molar-refractivity contribution in [1.29, 1.82) is 0 Å². The number of carbonyl (C=O) groups excluding carboxylic acids is 1. The second-order valence-electron chi connectivity index (χ2n) is 8.48. The van der Waals surface area contributed by atoms with Crippen molar-refractivity contribution in [2.75, 3.05) is 5.32 Å². The Hall–Kier alpha value is -4.98. The third kappa shape index (κ3) is 6.41. The van der Waals surface area contributed by atoms with Crippen LogP contribution in [0.1, 0.15) is 21.5 Å². The quantitative estimate of drug-likeness (QED) is 0.236. The van der Waals surface area contributed by atoms with Gasteiger partial charge in [-0.15, -0.1) is 5.10 Å². The van der Waals surface area contributed by atoms with Gasteiger partial charge in [0.05, 0.1) is 6.54 Å². The standard InChI is InChI=1S/C30H23F2N3O3/c31-23-10-6-21(7-11-23)18-35-19-28(30(34-35)37-20-22-8-12-24(32)13-9-22)29(36)33-25-14-16-27(17-15-25)38-26-4-2-1-3-5-26/h1-17,19H,18,20H2,(H,33,36). The predicted octanol–water partition coefficient (Wildman–Crippen LogP) is 6.83. The highest BCUT2D eigenvalue weighted by atomic mass is 19.1. The highest BCUT2D eigenvalue weighted by molar-refractivity contribution is 6.05. The minimum Gasteiger partial charge on any atom is -0.471 e. The Bertz CT molecular complexity index is 1500. The van der Waals surface area contributed by atoms with E-state index in [0.29, 0.717) is 23.7 Å². The van der Waals surface area contributed by atoms with Gasteiger partial charge in [0.15, 0.2) is 0 Å². The molecule has 1 amide bonds. The average Bonchev–Trinajstić information content (AvgIpc) is 3.34. The summed E-state index contributed by atoms with van der Waals surface area (Å²) in [6.45, 7) is 0.408. The van der Waals surface area contributed by atoms with E-state index in [4.69, 9.17) is 9.47 Å². The molecule has 8 heteroatoms. The summed E-state index contributed by atoms with van der Waals surface area (Å²) in [5.74, 6) is 0.361. The number of hydrogen-bond acceptors (Lipinski definition) is 4. The first-order valence-electron chi connectivity index (χ1n) is 11.9. The van der Waals surface area contributed by atoms with Gasteiger partial charge in [0.25, 0.3) is 5.91 Å². The van der Waals surface area contributed by atoms with Gasteiger partial charge in [-0.2, -0.15) is 0 Å². The molecule has 0 bridgehead atoms. The molecule has 0 unspecified atom stereocenters. The number of aromatic nitrogens is 2. The molecule has 0 aliphatic rings. The number of carbonyl (C=O) groups is 1. The van der Waals surface area contributed by atoms with E-state index in [0.717, 1.165) is 11.1 Å². The lowest BCUT2D eigenvalue weighted by Crippen LogP contribution is -2.12. The number of benzene rings is 4. The Kier molecular flexibility index (Phi) is 7.40. The SMILES string of the molecule is O=C(Nc1ccc(Oc2ccccc2)cc1)c1cn(Cc2ccc(F)cc2)nc1OCc1ccc(F)cc1. The second kappa shape index (κ2) is 11.4. The summed E-state index contributed by atoms with van der Waals surface area (Å²) < 4.78 is 39.8. The zero-order valence-electron chi connectivity index (χ0n) is 20.2. The highest BCUT2D eigenvalue weighted by Crippen LogP contribution is 2.24. The number of para-hydroxylation sites is 1. The monoisotopic (exact) mass is 511 g/mol. The Labute approximate surface area is 218 Å². The van der Waals surface area contributed by atoms with Crippen LogP contribution in [0.25, 0.3) is 0 Å². The molecular weight excluding hydrogens is 488 g/mol. The molecule has 1 heterocycles. The van der Waals surface area contributed by atoms with E-state index in [1.165, 1.54) is 24.3 Å². The van der Waals surface area contributed by atoms with E-state index in [2.05, 4.69) is 10.4 Å². The van der Waals surface area contributed by atoms with Crippen LogP contribution in [-0.4, -0.2) is 15.7 Å². The lowest BCUT2D eigenvalue weighted by Gasteiger charge is -2.09. The van der Waals surface area contributed by atoms with Gasteiger partial charge in [-0.3, -0.25) is 9.48 Å². The van der Waals surface area contributed by atoms with Crippen molar-refractivity contribution in [3.05, 3.63) is 138 Å². The number of anilines is 1. The first kappa shape index (κ1) is 24.7. The minimum absolute atomic E-state index is 0.0969. The van der Waals surface area contributed by atoms with Gasteiger partial charge >= 0.3 is 0 Å². The van der Waals surface area contributed by atoms with Crippen molar-refractivity contribution < 1.29 is 23.0 Å². The van der Waals surface area contributed by atoms with Gasteiger partial charge in [0.2, 0.25) is 5.88 Å². The van der Waals surface area contributed by atoms with E-state index in [1.54, 1.807) is 59.4 Å². The van der Waals surface area contributed by atoms with Gasteiger partial charge < -0.3 is 14.8 Å². The largest absolute Gasteiger partial charge is 0.471 e. The van der Waals surface area contributed by atoms with Crippen molar-refractivity contribution >= 4 is 11.6 Å². The fraction of sp³-hybridized carbons (Fsp3) is 0.0667. The fourth-order valence-electron chi connectivity index (χ4n) is 3.69. The smallest absolute Gasteiger partial charge is 0.262 e. The molecule has 0 atom stereocenters. The molecule has 0 saturated carbocycles. The van der Waals surface area contributed by atoms with Crippen molar-refractivity contribution in [2.24, 2.45) is 0 Å². The average molecular weight is 512 g/mol. The van der Waals surface area contributed by atoms with E-state index in [1.807, 2.05) is 30.3 Å². The molecule has 0 spiro atoms. The molecule has 0 radical (unpaired) electrons. The van der Waals surface area contributed by atoms with Gasteiger partial charge in [0, 0.05) is 11.9 Å². The summed E-state index contributed by atoms with van der Waals surface area (Å²) in [5, 5.41) is 7.28. The van der Waals surface area contributed by atoms with Crippen LogP contribution in [-0.2, 0) is 13.2 Å². The van der Waals surface area contributed by atoms with Gasteiger partial charge in [0.1, 0.15) is 35.3 Å². The summed E-state index contributed by atoms with van der Waals surface area (Å²) in [6, 6.07) is 28.3. The Balaban J connectivity index is 1.32. The summed E-state index contributed by atoms with van der Waals surface area (Å²) in [6.07, 6.45) is 1.57. The summed E-state index contributed by atoms with van der Waals surface area (Å²) in [5.41, 5.74) is 2.31. The van der Waals surface area contributed by atoms with Crippen LogP contribution in [0.15, 0.2) is 109 Å². The Morgan fingerprint density at radius 2 is 1.37 bits per heavy atom. The number of rotatable bonds is 9. The lowest BCUT2D eigenvalue weighted by atomic mass is 10.2. The van der Waals surface area contributed by atoms with E-state index < -0.39 is 5.91 Å². The van der Waals surface area contributed by atoms with Crippen LogP contribution < -0.4 is 14.8 Å². The summed E-state index contributed by atoms with van der Waals surface area (Å²) >= 11 is 0. The third-order valence-corrected chi connectivity index (χ3v) is 5.61. The molecule has 0 saturated heterocycles. The van der Waals surface area contributed by atoms with Gasteiger partial charge in [-0.1, -0.05) is 42.5 Å². The highest BCUT2D eigenvalue weighted by Gasteiger charge is 2.19. The van der Waals surface area contributed by atoms with Gasteiger partial charge in [-0.25, -0.2) is 8.78 Å². The maximum Gasteiger partial charge on any atom is 0.262 e. The third-order valence-electron chi connectivity index (χ3n) is 5.61. The number of nitrogens with zero attached hydrogens (tertiary/aromatic N) is 2. The van der Waals surface area contributed by atoms with E-state index in [9.17, 15) is 13.6 Å². The predicted molar refractivity (Wildman–Crippen MR) is 139 cm³/mol. The molecule has 190 valence electrons. The maximum absolute atomic E-state index is 13.3. The molecule has 1 N–H and O–H groups in total. The number of halogens is 2. The molecule has 0 aliphatic carbocycles. The molecule has 4 aromatic carbocycles. The molecule has 6 nitrogen and oxygen atoms in total.